The van der Waals surface area contributed by atoms with E-state index >= 15 is 0 Å². The van der Waals surface area contributed by atoms with Gasteiger partial charge in [0.25, 0.3) is 6.43 Å². The quantitative estimate of drug-likeness (QED) is 0.914. The molecule has 16 heavy (non-hydrogen) atoms. The van der Waals surface area contributed by atoms with Crippen LogP contribution >= 0.6 is 15.9 Å². The zero-order chi connectivity index (χ0) is 12.5. The fraction of sp³-hybridized carbons (Fsp3) is 0.286. The van der Waals surface area contributed by atoms with Crippen molar-refractivity contribution in [2.75, 3.05) is 7.11 Å². The minimum absolute atomic E-state index is 0.225. The molecule has 1 heterocycles. The highest BCUT2D eigenvalue weighted by molar-refractivity contribution is 9.10. The topological polar surface area (TPSA) is 82.3 Å². The predicted molar refractivity (Wildman–Crippen MR) is 54.8 cm³/mol. The van der Waals surface area contributed by atoms with Crippen LogP contribution in [0.2, 0.25) is 0 Å². The number of aromatic nitrogens is 1. The fourth-order valence-electron chi connectivity index (χ4n) is 1.01. The molecule has 0 aromatic carbocycles. The van der Waals surface area contributed by atoms with Gasteiger partial charge in [-0.05, 0) is 15.9 Å². The highest BCUT2D eigenvalue weighted by atomic mass is 79.9. The van der Waals surface area contributed by atoms with E-state index in [4.69, 9.17) is 9.88 Å². The van der Waals surface area contributed by atoms with Crippen molar-refractivity contribution in [3.05, 3.63) is 16.4 Å². The van der Waals surface area contributed by atoms with E-state index in [2.05, 4.69) is 20.9 Å². The van der Waals surface area contributed by atoms with Crippen LogP contribution in [0.3, 0.4) is 0 Å². The van der Waals surface area contributed by atoms with Gasteiger partial charge >= 0.3 is 0 Å². The predicted octanol–water partition coefficient (Wildman–Crippen LogP) is 1.44. The van der Waals surface area contributed by atoms with Crippen molar-refractivity contribution < 1.29 is 21.9 Å². The number of nitrogens with zero attached hydrogens (tertiary/aromatic N) is 1. The van der Waals surface area contributed by atoms with Crippen LogP contribution in [0.15, 0.2) is 15.6 Å². The monoisotopic (exact) mass is 316 g/mol. The first kappa shape index (κ1) is 13.3. The van der Waals surface area contributed by atoms with Gasteiger partial charge in [0.15, 0.2) is 5.75 Å². The van der Waals surface area contributed by atoms with Crippen molar-refractivity contribution in [2.45, 2.75) is 11.3 Å². The highest BCUT2D eigenvalue weighted by Crippen LogP contribution is 2.36. The summed E-state index contributed by atoms with van der Waals surface area (Å²) in [6.45, 7) is 0. The maximum Gasteiger partial charge on any atom is 0.281 e. The van der Waals surface area contributed by atoms with Crippen molar-refractivity contribution in [3.8, 4) is 5.75 Å². The van der Waals surface area contributed by atoms with Gasteiger partial charge in [-0.3, -0.25) is 4.98 Å². The van der Waals surface area contributed by atoms with Crippen LogP contribution in [0.4, 0.5) is 8.78 Å². The molecule has 0 aliphatic rings. The lowest BCUT2D eigenvalue weighted by Crippen LogP contribution is -2.15. The molecule has 2 N–H and O–H groups in total. The minimum Gasteiger partial charge on any atom is -0.494 e. The third-order valence-corrected chi connectivity index (χ3v) is 3.36. The van der Waals surface area contributed by atoms with E-state index in [1.807, 2.05) is 0 Å². The smallest absolute Gasteiger partial charge is 0.281 e. The molecule has 0 saturated heterocycles. The molecule has 0 aliphatic carbocycles. The van der Waals surface area contributed by atoms with Crippen LogP contribution in [0.1, 0.15) is 12.1 Å². The molecule has 5 nitrogen and oxygen atoms in total. The van der Waals surface area contributed by atoms with E-state index in [0.29, 0.717) is 0 Å². The molecular formula is C7H7BrF2N2O3S. The average molecular weight is 317 g/mol. The largest absolute Gasteiger partial charge is 0.494 e. The summed E-state index contributed by atoms with van der Waals surface area (Å²) in [5.41, 5.74) is -0.607. The zero-order valence-electron chi connectivity index (χ0n) is 7.95. The zero-order valence-corrected chi connectivity index (χ0v) is 10.3. The lowest BCUT2D eigenvalue weighted by Gasteiger charge is -2.11. The second-order valence-corrected chi connectivity index (χ2v) is 5.02. The third kappa shape index (κ3) is 2.47. The molecule has 0 fully saturated rings. The van der Waals surface area contributed by atoms with Crippen LogP contribution in [0, 0.1) is 0 Å². The Hall–Kier alpha value is -0.800. The van der Waals surface area contributed by atoms with Crippen molar-refractivity contribution in [2.24, 2.45) is 5.14 Å². The van der Waals surface area contributed by atoms with E-state index < -0.39 is 27.0 Å². The highest BCUT2D eigenvalue weighted by Gasteiger charge is 2.24. The van der Waals surface area contributed by atoms with Gasteiger partial charge in [-0.2, -0.15) is 0 Å². The molecule has 1 aromatic rings. The summed E-state index contributed by atoms with van der Waals surface area (Å²) < 4.78 is 51.6. The molecular weight excluding hydrogens is 310 g/mol. The van der Waals surface area contributed by atoms with Gasteiger partial charge in [-0.15, -0.1) is 0 Å². The first-order valence-corrected chi connectivity index (χ1v) is 6.16. The van der Waals surface area contributed by atoms with Gasteiger partial charge in [0, 0.05) is 0 Å². The Kier molecular flexibility index (Phi) is 3.81. The summed E-state index contributed by atoms with van der Waals surface area (Å²) in [6, 6.07) is 0. The number of sulfonamides is 1. The fourth-order valence-corrected chi connectivity index (χ4v) is 2.44. The Morgan fingerprint density at radius 2 is 2.12 bits per heavy atom. The summed E-state index contributed by atoms with van der Waals surface area (Å²) >= 11 is 2.80. The molecule has 0 saturated carbocycles. The summed E-state index contributed by atoms with van der Waals surface area (Å²) in [6.07, 6.45) is -2.11. The molecule has 1 rings (SSSR count). The molecule has 0 atom stereocenters. The van der Waals surface area contributed by atoms with Crippen molar-refractivity contribution >= 4 is 26.0 Å². The number of rotatable bonds is 3. The van der Waals surface area contributed by atoms with Gasteiger partial charge in [0.2, 0.25) is 10.0 Å². The summed E-state index contributed by atoms with van der Waals surface area (Å²) in [5.74, 6) is -0.284. The molecule has 0 spiro atoms. The first-order valence-electron chi connectivity index (χ1n) is 3.82. The average Bonchev–Trinajstić information content (AvgIpc) is 2.15. The molecule has 0 unspecified atom stereocenters. The Bertz CT molecular complexity index is 507. The van der Waals surface area contributed by atoms with Crippen LogP contribution in [-0.4, -0.2) is 20.5 Å². The number of hydrogen-bond acceptors (Lipinski definition) is 4. The van der Waals surface area contributed by atoms with E-state index in [9.17, 15) is 17.2 Å². The number of nitrogens with two attached hydrogens (primary N) is 1. The van der Waals surface area contributed by atoms with E-state index in [-0.39, 0.29) is 10.2 Å². The molecule has 0 radical (unpaired) electrons. The second-order valence-electron chi connectivity index (χ2n) is 2.70. The number of alkyl halides is 2. The van der Waals surface area contributed by atoms with Crippen molar-refractivity contribution in [1.29, 1.82) is 0 Å². The van der Waals surface area contributed by atoms with Gasteiger partial charge in [0.1, 0.15) is 10.6 Å². The molecule has 0 aliphatic heterocycles. The van der Waals surface area contributed by atoms with E-state index in [1.54, 1.807) is 0 Å². The van der Waals surface area contributed by atoms with E-state index in [0.717, 1.165) is 13.3 Å². The number of methoxy groups -OCH3 is 1. The standard InChI is InChI=1S/C7H7BrF2N2O3S/c1-15-6-3(16(11,13)14)2-12-5(4(6)8)7(9)10/h2,7H,1H3,(H2,11,13,14). The van der Waals surface area contributed by atoms with Crippen LogP contribution < -0.4 is 9.88 Å². The maximum absolute atomic E-state index is 12.4. The number of ether oxygens (including phenoxy) is 1. The maximum atomic E-state index is 12.4. The Labute approximate surface area is 98.8 Å². The van der Waals surface area contributed by atoms with Gasteiger partial charge < -0.3 is 4.74 Å². The molecule has 0 amide bonds. The lowest BCUT2D eigenvalue weighted by molar-refractivity contribution is 0.144. The summed E-state index contributed by atoms with van der Waals surface area (Å²) in [5, 5.41) is 4.87. The summed E-state index contributed by atoms with van der Waals surface area (Å²) in [7, 11) is -2.93. The van der Waals surface area contributed by atoms with Crippen LogP contribution in [-0.2, 0) is 10.0 Å². The minimum atomic E-state index is -4.07. The number of primary sulfonamides is 1. The molecule has 9 heteroatoms. The Morgan fingerprint density at radius 1 is 1.56 bits per heavy atom. The van der Waals surface area contributed by atoms with Gasteiger partial charge in [0.05, 0.1) is 17.8 Å². The third-order valence-electron chi connectivity index (χ3n) is 1.69. The Morgan fingerprint density at radius 3 is 2.50 bits per heavy atom. The van der Waals surface area contributed by atoms with Gasteiger partial charge in [-0.1, -0.05) is 0 Å². The first-order chi connectivity index (χ1) is 7.29. The van der Waals surface area contributed by atoms with E-state index in [1.165, 1.54) is 0 Å². The van der Waals surface area contributed by atoms with Crippen molar-refractivity contribution in [3.63, 3.8) is 0 Å². The number of hydrogen-bond donors (Lipinski definition) is 1. The van der Waals surface area contributed by atoms with Crippen molar-refractivity contribution in [1.82, 2.24) is 4.98 Å². The molecule has 90 valence electrons. The Balaban J connectivity index is 3.54. The SMILES string of the molecule is COc1c(S(N)(=O)=O)cnc(C(F)F)c1Br. The van der Waals surface area contributed by atoms with Crippen LogP contribution in [0.25, 0.3) is 0 Å². The number of pyridine rings is 1. The lowest BCUT2D eigenvalue weighted by atomic mass is 10.3. The summed E-state index contributed by atoms with van der Waals surface area (Å²) in [4.78, 5) is 2.86. The van der Waals surface area contributed by atoms with Crippen LogP contribution in [0.5, 0.6) is 5.75 Å². The second kappa shape index (κ2) is 4.60. The molecule has 0 bridgehead atoms. The normalized spacial score (nSPS) is 11.9. The molecule has 1 aromatic heterocycles. The van der Waals surface area contributed by atoms with Gasteiger partial charge in [-0.25, -0.2) is 22.3 Å². The number of halogens is 3.